The smallest absolute Gasteiger partial charge is 0.339 e. The average molecular weight is 459 g/mol. The Morgan fingerprint density at radius 3 is 2.73 bits per heavy atom. The van der Waals surface area contributed by atoms with Crippen LogP contribution >= 0.6 is 23.4 Å². The second-order valence-corrected chi connectivity index (χ2v) is 8.68. The zero-order valence-electron chi connectivity index (χ0n) is 15.6. The summed E-state index contributed by atoms with van der Waals surface area (Å²) in [5, 5.41) is 2.01. The van der Waals surface area contributed by atoms with Crippen molar-refractivity contribution in [3.63, 3.8) is 0 Å². The van der Waals surface area contributed by atoms with E-state index >= 15 is 0 Å². The van der Waals surface area contributed by atoms with Crippen LogP contribution in [0, 0.1) is 0 Å². The number of esters is 1. The monoisotopic (exact) mass is 458 g/mol. The second kappa shape index (κ2) is 8.91. The molecule has 0 bridgehead atoms. The zero-order valence-corrected chi connectivity index (χ0v) is 18.0. The third-order valence-electron chi connectivity index (χ3n) is 4.11. The highest BCUT2D eigenvalue weighted by Crippen LogP contribution is 2.36. The molecule has 0 aliphatic rings. The molecule has 0 amide bonds. The normalized spacial score (nSPS) is 11.9. The molecule has 0 saturated heterocycles. The van der Waals surface area contributed by atoms with Gasteiger partial charge in [0.15, 0.2) is 11.0 Å². The minimum Gasteiger partial charge on any atom is -0.465 e. The number of aromatic nitrogens is 1. The quantitative estimate of drug-likeness (QED) is 0.381. The van der Waals surface area contributed by atoms with Crippen molar-refractivity contribution in [1.82, 2.24) is 4.98 Å². The number of nitrogens with one attached hydrogen (secondary N) is 1. The van der Waals surface area contributed by atoms with Crippen molar-refractivity contribution >= 4 is 57.0 Å². The Labute approximate surface area is 184 Å². The lowest BCUT2D eigenvalue weighted by atomic mass is 10.2. The van der Waals surface area contributed by atoms with E-state index in [9.17, 15) is 9.00 Å². The number of hydrogen-bond donors (Lipinski definition) is 1. The summed E-state index contributed by atoms with van der Waals surface area (Å²) in [6, 6.07) is 17.8. The Morgan fingerprint density at radius 2 is 1.93 bits per heavy atom. The maximum Gasteiger partial charge on any atom is 0.339 e. The lowest BCUT2D eigenvalue weighted by Crippen LogP contribution is -2.06. The molecule has 0 aliphatic carbocycles. The van der Waals surface area contributed by atoms with E-state index in [1.807, 2.05) is 30.3 Å². The largest absolute Gasteiger partial charge is 0.465 e. The number of methoxy groups -OCH3 is 1. The van der Waals surface area contributed by atoms with Crippen LogP contribution in [0.5, 0.6) is 0 Å². The van der Waals surface area contributed by atoms with Gasteiger partial charge in [-0.05, 0) is 24.3 Å². The number of furan rings is 1. The van der Waals surface area contributed by atoms with E-state index in [1.165, 1.54) is 25.1 Å². The molecule has 4 aromatic rings. The highest BCUT2D eigenvalue weighted by atomic mass is 35.5. The van der Waals surface area contributed by atoms with Gasteiger partial charge >= 0.3 is 5.97 Å². The molecule has 152 valence electrons. The molecule has 1 N–H and O–H groups in total. The van der Waals surface area contributed by atoms with Crippen LogP contribution < -0.4 is 4.72 Å². The molecule has 2 heterocycles. The molecule has 6 nitrogen and oxygen atoms in total. The molecule has 1 unspecified atom stereocenters. The van der Waals surface area contributed by atoms with E-state index in [4.69, 9.17) is 20.8 Å². The number of fused-ring (bicyclic) bond motifs is 1. The van der Waals surface area contributed by atoms with Gasteiger partial charge in [-0.25, -0.2) is 14.0 Å². The molecule has 9 heteroatoms. The third-order valence-corrected chi connectivity index (χ3v) is 6.38. The molecular weight excluding hydrogens is 444 g/mol. The lowest BCUT2D eigenvalue weighted by Gasteiger charge is -2.11. The summed E-state index contributed by atoms with van der Waals surface area (Å²) in [6.07, 6.45) is 1.49. The SMILES string of the molecule is COC(=O)c1ccccc1Sc1ncc(Cl)cc1NS(=O)c1cc2ccccc2o1. The van der Waals surface area contributed by atoms with E-state index < -0.39 is 17.0 Å². The minimum atomic E-state index is -1.68. The van der Waals surface area contributed by atoms with Gasteiger partial charge in [-0.15, -0.1) is 0 Å². The van der Waals surface area contributed by atoms with E-state index in [0.29, 0.717) is 31.8 Å². The molecule has 0 saturated carbocycles. The molecular formula is C21H15ClN2O4S2. The number of hydrogen-bond acceptors (Lipinski definition) is 6. The first-order valence-electron chi connectivity index (χ1n) is 8.73. The van der Waals surface area contributed by atoms with E-state index in [2.05, 4.69) is 9.71 Å². The van der Waals surface area contributed by atoms with E-state index in [-0.39, 0.29) is 5.09 Å². The number of benzene rings is 2. The van der Waals surface area contributed by atoms with Crippen LogP contribution in [-0.4, -0.2) is 22.3 Å². The first-order valence-corrected chi connectivity index (χ1v) is 11.1. The molecule has 0 radical (unpaired) electrons. The molecule has 2 aromatic carbocycles. The number of para-hydroxylation sites is 1. The number of halogens is 1. The van der Waals surface area contributed by atoms with Crippen molar-refractivity contribution in [2.45, 2.75) is 15.0 Å². The van der Waals surface area contributed by atoms with Crippen molar-refractivity contribution in [2.75, 3.05) is 11.8 Å². The molecule has 1 atom stereocenters. The van der Waals surface area contributed by atoms with Gasteiger partial charge in [-0.2, -0.15) is 0 Å². The van der Waals surface area contributed by atoms with Gasteiger partial charge in [-0.3, -0.25) is 4.72 Å². The summed E-state index contributed by atoms with van der Waals surface area (Å²) < 4.78 is 26.3. The van der Waals surface area contributed by atoms with Gasteiger partial charge in [0.25, 0.3) is 0 Å². The molecule has 30 heavy (non-hydrogen) atoms. The Balaban J connectivity index is 1.64. The zero-order chi connectivity index (χ0) is 21.1. The molecule has 0 spiro atoms. The van der Waals surface area contributed by atoms with Crippen LogP contribution in [0.3, 0.4) is 0 Å². The fourth-order valence-corrected chi connectivity index (χ4v) is 4.74. The van der Waals surface area contributed by atoms with Gasteiger partial charge in [0, 0.05) is 22.5 Å². The number of carbonyl (C=O) groups excluding carboxylic acids is 1. The fraction of sp³-hybridized carbons (Fsp3) is 0.0476. The summed E-state index contributed by atoms with van der Waals surface area (Å²) >= 11 is 7.35. The van der Waals surface area contributed by atoms with Gasteiger partial charge < -0.3 is 9.15 Å². The summed E-state index contributed by atoms with van der Waals surface area (Å²) in [4.78, 5) is 17.0. The fourth-order valence-electron chi connectivity index (χ4n) is 2.72. The number of pyridine rings is 1. The third kappa shape index (κ3) is 4.35. The van der Waals surface area contributed by atoms with Crippen molar-refractivity contribution in [3.8, 4) is 0 Å². The van der Waals surface area contributed by atoms with Gasteiger partial charge in [0.2, 0.25) is 5.09 Å². The van der Waals surface area contributed by atoms with Crippen LogP contribution in [0.1, 0.15) is 10.4 Å². The van der Waals surface area contributed by atoms with Crippen LogP contribution in [0.15, 0.2) is 86.3 Å². The first-order chi connectivity index (χ1) is 14.5. The lowest BCUT2D eigenvalue weighted by molar-refractivity contribution is 0.0597. The van der Waals surface area contributed by atoms with Crippen LogP contribution in [0.25, 0.3) is 11.0 Å². The van der Waals surface area contributed by atoms with Crippen molar-refractivity contribution in [2.24, 2.45) is 0 Å². The van der Waals surface area contributed by atoms with Gasteiger partial charge in [-0.1, -0.05) is 53.7 Å². The number of nitrogens with zero attached hydrogens (tertiary/aromatic N) is 1. The van der Waals surface area contributed by atoms with E-state index in [0.717, 1.165) is 5.39 Å². The molecule has 2 aromatic heterocycles. The Kier molecular flexibility index (Phi) is 6.08. The van der Waals surface area contributed by atoms with Crippen LogP contribution in [0.2, 0.25) is 5.02 Å². The van der Waals surface area contributed by atoms with Crippen LogP contribution in [-0.2, 0) is 15.7 Å². The maximum atomic E-state index is 12.9. The Bertz CT molecular complexity index is 1230. The maximum absolute atomic E-state index is 12.9. The highest BCUT2D eigenvalue weighted by molar-refractivity contribution is 7.99. The standard InChI is InChI=1S/C21H15ClN2O4S2/c1-27-21(25)15-7-3-5-9-18(15)29-20-16(11-14(22)12-23-20)24-30(26)19-10-13-6-2-4-8-17(13)28-19/h2-12,24H,1H3. The summed E-state index contributed by atoms with van der Waals surface area (Å²) in [7, 11) is -0.352. The number of rotatable bonds is 6. The van der Waals surface area contributed by atoms with E-state index in [1.54, 1.807) is 30.3 Å². The van der Waals surface area contributed by atoms with Crippen molar-refractivity contribution in [1.29, 1.82) is 0 Å². The predicted octanol–water partition coefficient (Wildman–Crippen LogP) is 5.55. The molecule has 0 fully saturated rings. The van der Waals surface area contributed by atoms with Gasteiger partial charge in [0.05, 0.1) is 23.4 Å². The Hall–Kier alpha value is -2.81. The summed E-state index contributed by atoms with van der Waals surface area (Å²) in [5.41, 5.74) is 1.51. The first kappa shape index (κ1) is 20.5. The number of ether oxygens (including phenoxy) is 1. The number of carbonyl (C=O) groups is 1. The summed E-state index contributed by atoms with van der Waals surface area (Å²) in [5.74, 6) is -0.451. The number of anilines is 1. The van der Waals surface area contributed by atoms with Crippen LogP contribution in [0.4, 0.5) is 5.69 Å². The summed E-state index contributed by atoms with van der Waals surface area (Å²) in [6.45, 7) is 0. The topological polar surface area (TPSA) is 81.4 Å². The van der Waals surface area contributed by atoms with Crippen molar-refractivity contribution < 1.29 is 18.2 Å². The second-order valence-electron chi connectivity index (χ2n) is 6.07. The van der Waals surface area contributed by atoms with Crippen molar-refractivity contribution in [3.05, 3.63) is 77.4 Å². The predicted molar refractivity (Wildman–Crippen MR) is 117 cm³/mol. The molecule has 4 rings (SSSR count). The molecule has 0 aliphatic heterocycles. The minimum absolute atomic E-state index is 0.280. The Morgan fingerprint density at radius 1 is 1.17 bits per heavy atom. The van der Waals surface area contributed by atoms with Gasteiger partial charge in [0.1, 0.15) is 10.6 Å². The average Bonchev–Trinajstić information content (AvgIpc) is 3.20. The highest BCUT2D eigenvalue weighted by Gasteiger charge is 2.17.